The molecule has 0 radical (unpaired) electrons. The number of pyridine rings is 1. The number of anilines is 1. The Hall–Kier alpha value is -3.12. The molecule has 3 aromatic rings. The third-order valence-electron chi connectivity index (χ3n) is 4.79. The lowest BCUT2D eigenvalue weighted by Crippen LogP contribution is -2.37. The SMILES string of the molecule is Cc1ccc2cc(CN(CCCN(C)C)C(=O)Nc3ccccc3)c(=O)[nH]c2c1. The zero-order chi connectivity index (χ0) is 20.8. The van der Waals surface area contributed by atoms with Gasteiger partial charge < -0.3 is 20.1 Å². The van der Waals surface area contributed by atoms with E-state index in [-0.39, 0.29) is 18.1 Å². The topological polar surface area (TPSA) is 68.4 Å². The average Bonchev–Trinajstić information content (AvgIpc) is 2.68. The van der Waals surface area contributed by atoms with Crippen LogP contribution in [0.2, 0.25) is 0 Å². The van der Waals surface area contributed by atoms with E-state index in [0.29, 0.717) is 12.1 Å². The molecule has 0 aliphatic heterocycles. The van der Waals surface area contributed by atoms with Crippen LogP contribution in [-0.2, 0) is 6.54 Å². The van der Waals surface area contributed by atoms with E-state index in [0.717, 1.165) is 35.1 Å². The molecule has 3 rings (SSSR count). The molecule has 0 aliphatic carbocycles. The maximum absolute atomic E-state index is 12.9. The zero-order valence-electron chi connectivity index (χ0n) is 17.2. The number of hydrogen-bond donors (Lipinski definition) is 2. The predicted octanol–water partition coefficient (Wildman–Crippen LogP) is 3.82. The van der Waals surface area contributed by atoms with Gasteiger partial charge in [0.1, 0.15) is 0 Å². The average molecular weight is 393 g/mol. The van der Waals surface area contributed by atoms with E-state index in [1.54, 1.807) is 4.90 Å². The highest BCUT2D eigenvalue weighted by molar-refractivity contribution is 5.89. The quantitative estimate of drug-likeness (QED) is 0.642. The molecule has 0 atom stereocenters. The van der Waals surface area contributed by atoms with Crippen molar-refractivity contribution in [2.24, 2.45) is 0 Å². The maximum Gasteiger partial charge on any atom is 0.322 e. The second-order valence-electron chi connectivity index (χ2n) is 7.59. The van der Waals surface area contributed by atoms with Gasteiger partial charge in [-0.15, -0.1) is 0 Å². The number of rotatable bonds is 7. The summed E-state index contributed by atoms with van der Waals surface area (Å²) >= 11 is 0. The highest BCUT2D eigenvalue weighted by Crippen LogP contribution is 2.15. The molecule has 0 saturated heterocycles. The summed E-state index contributed by atoms with van der Waals surface area (Å²) < 4.78 is 0. The van der Waals surface area contributed by atoms with Gasteiger partial charge in [-0.25, -0.2) is 4.79 Å². The number of aryl methyl sites for hydroxylation is 1. The van der Waals surface area contributed by atoms with Crippen molar-refractivity contribution in [2.75, 3.05) is 32.5 Å². The molecule has 1 aromatic heterocycles. The summed E-state index contributed by atoms with van der Waals surface area (Å²) in [6.45, 7) is 3.67. The number of hydrogen-bond acceptors (Lipinski definition) is 3. The number of urea groups is 1. The number of fused-ring (bicyclic) bond motifs is 1. The van der Waals surface area contributed by atoms with Crippen LogP contribution in [0.1, 0.15) is 17.5 Å². The summed E-state index contributed by atoms with van der Waals surface area (Å²) in [5.41, 5.74) is 3.06. The van der Waals surface area contributed by atoms with E-state index in [9.17, 15) is 9.59 Å². The molecule has 0 aliphatic rings. The summed E-state index contributed by atoms with van der Waals surface area (Å²) in [6, 6.07) is 17.0. The highest BCUT2D eigenvalue weighted by atomic mass is 16.2. The summed E-state index contributed by atoms with van der Waals surface area (Å²) in [5.74, 6) is 0. The van der Waals surface area contributed by atoms with Crippen LogP contribution in [0.15, 0.2) is 59.4 Å². The van der Waals surface area contributed by atoms with Crippen molar-refractivity contribution >= 4 is 22.6 Å². The molecule has 29 heavy (non-hydrogen) atoms. The Morgan fingerprint density at radius 3 is 2.52 bits per heavy atom. The molecule has 6 heteroatoms. The van der Waals surface area contributed by atoms with Gasteiger partial charge in [0, 0.05) is 23.3 Å². The molecule has 0 saturated carbocycles. The Balaban J connectivity index is 1.82. The maximum atomic E-state index is 12.9. The lowest BCUT2D eigenvalue weighted by atomic mass is 10.1. The van der Waals surface area contributed by atoms with Crippen molar-refractivity contribution in [1.29, 1.82) is 0 Å². The van der Waals surface area contributed by atoms with E-state index in [1.807, 2.05) is 75.6 Å². The minimum absolute atomic E-state index is 0.159. The van der Waals surface area contributed by atoms with Gasteiger partial charge in [-0.3, -0.25) is 4.79 Å². The monoisotopic (exact) mass is 392 g/mol. The molecule has 2 amide bonds. The van der Waals surface area contributed by atoms with Crippen molar-refractivity contribution in [1.82, 2.24) is 14.8 Å². The number of carbonyl (C=O) groups is 1. The second-order valence-corrected chi connectivity index (χ2v) is 7.59. The fourth-order valence-corrected chi connectivity index (χ4v) is 3.24. The summed E-state index contributed by atoms with van der Waals surface area (Å²) in [5, 5.41) is 3.89. The Bertz CT molecular complexity index is 1030. The van der Waals surface area contributed by atoms with E-state index < -0.39 is 0 Å². The molecule has 1 heterocycles. The van der Waals surface area contributed by atoms with E-state index >= 15 is 0 Å². The molecular weight excluding hydrogens is 364 g/mol. The van der Waals surface area contributed by atoms with Crippen LogP contribution in [0, 0.1) is 6.92 Å². The van der Waals surface area contributed by atoms with Crippen molar-refractivity contribution in [3.63, 3.8) is 0 Å². The number of benzene rings is 2. The first-order chi connectivity index (χ1) is 13.9. The van der Waals surface area contributed by atoms with Crippen molar-refractivity contribution in [2.45, 2.75) is 19.9 Å². The first-order valence-electron chi connectivity index (χ1n) is 9.80. The third kappa shape index (κ3) is 5.68. The number of H-pyrrole nitrogens is 1. The molecule has 0 fully saturated rings. The zero-order valence-corrected chi connectivity index (χ0v) is 17.2. The molecule has 0 spiro atoms. The summed E-state index contributed by atoms with van der Waals surface area (Å²) in [4.78, 5) is 32.2. The van der Waals surface area contributed by atoms with Gasteiger partial charge in [-0.05, 0) is 69.2 Å². The van der Waals surface area contributed by atoms with Crippen LogP contribution in [-0.4, -0.2) is 48.0 Å². The first-order valence-corrected chi connectivity index (χ1v) is 9.80. The number of nitrogens with zero attached hydrogens (tertiary/aromatic N) is 2. The molecule has 2 aromatic carbocycles. The largest absolute Gasteiger partial charge is 0.322 e. The molecule has 0 bridgehead atoms. The number of aromatic amines is 1. The van der Waals surface area contributed by atoms with Gasteiger partial charge in [0.15, 0.2) is 0 Å². The number of para-hydroxylation sites is 1. The van der Waals surface area contributed by atoms with Crippen LogP contribution in [0.25, 0.3) is 10.9 Å². The van der Waals surface area contributed by atoms with Crippen LogP contribution in [0.4, 0.5) is 10.5 Å². The van der Waals surface area contributed by atoms with Crippen LogP contribution in [0.5, 0.6) is 0 Å². The predicted molar refractivity (Wildman–Crippen MR) is 118 cm³/mol. The first kappa shape index (κ1) is 20.6. The highest BCUT2D eigenvalue weighted by Gasteiger charge is 2.16. The van der Waals surface area contributed by atoms with E-state index in [4.69, 9.17) is 0 Å². The fraction of sp³-hybridized carbons (Fsp3) is 0.304. The minimum atomic E-state index is -0.210. The van der Waals surface area contributed by atoms with Gasteiger partial charge in [0.05, 0.1) is 6.54 Å². The Labute approximate surface area is 171 Å². The normalized spacial score (nSPS) is 11.0. The molecule has 6 nitrogen and oxygen atoms in total. The summed E-state index contributed by atoms with van der Waals surface area (Å²) in [6.07, 6.45) is 0.819. The smallest absolute Gasteiger partial charge is 0.322 e. The Morgan fingerprint density at radius 2 is 1.79 bits per heavy atom. The number of nitrogens with one attached hydrogen (secondary N) is 2. The molecular formula is C23H28N4O2. The summed E-state index contributed by atoms with van der Waals surface area (Å²) in [7, 11) is 4.01. The third-order valence-corrected chi connectivity index (χ3v) is 4.79. The minimum Gasteiger partial charge on any atom is -0.322 e. The standard InChI is InChI=1S/C23H28N4O2/c1-17-10-11-18-15-19(22(28)25-21(18)14-17)16-27(13-7-12-26(2)3)23(29)24-20-8-5-4-6-9-20/h4-6,8-11,14-15H,7,12-13,16H2,1-3H3,(H,24,29)(H,25,28). The van der Waals surface area contributed by atoms with Crippen LogP contribution < -0.4 is 10.9 Å². The van der Waals surface area contributed by atoms with Gasteiger partial charge in [0.25, 0.3) is 5.56 Å². The second kappa shape index (κ2) is 9.39. The lowest BCUT2D eigenvalue weighted by Gasteiger charge is -2.24. The van der Waals surface area contributed by atoms with Crippen molar-refractivity contribution < 1.29 is 4.79 Å². The van der Waals surface area contributed by atoms with E-state index in [1.165, 1.54) is 0 Å². The van der Waals surface area contributed by atoms with Gasteiger partial charge in [0.2, 0.25) is 0 Å². The molecule has 2 N–H and O–H groups in total. The lowest BCUT2D eigenvalue weighted by molar-refractivity contribution is 0.205. The van der Waals surface area contributed by atoms with Gasteiger partial charge in [-0.2, -0.15) is 0 Å². The number of amides is 2. The van der Waals surface area contributed by atoms with Crippen LogP contribution >= 0.6 is 0 Å². The number of aromatic nitrogens is 1. The van der Waals surface area contributed by atoms with Gasteiger partial charge in [-0.1, -0.05) is 30.3 Å². The van der Waals surface area contributed by atoms with Crippen LogP contribution in [0.3, 0.4) is 0 Å². The fourth-order valence-electron chi connectivity index (χ4n) is 3.24. The number of carbonyl (C=O) groups excluding carboxylic acids is 1. The van der Waals surface area contributed by atoms with Gasteiger partial charge >= 0.3 is 6.03 Å². The Kier molecular flexibility index (Phi) is 6.67. The van der Waals surface area contributed by atoms with Crippen molar-refractivity contribution in [3.05, 3.63) is 76.1 Å². The molecule has 0 unspecified atom stereocenters. The molecule has 152 valence electrons. The van der Waals surface area contributed by atoms with E-state index in [2.05, 4.69) is 15.2 Å². The Morgan fingerprint density at radius 1 is 1.03 bits per heavy atom. The van der Waals surface area contributed by atoms with Crippen molar-refractivity contribution in [3.8, 4) is 0 Å².